The van der Waals surface area contributed by atoms with Crippen molar-refractivity contribution in [1.29, 1.82) is 0 Å². The minimum Gasteiger partial charge on any atom is -0.492 e. The molecule has 0 aliphatic carbocycles. The van der Waals surface area contributed by atoms with Gasteiger partial charge in [0.25, 0.3) is 0 Å². The first-order chi connectivity index (χ1) is 9.52. The van der Waals surface area contributed by atoms with Crippen molar-refractivity contribution in [2.45, 2.75) is 20.4 Å². The molecule has 2 aromatic rings. The number of benzene rings is 1. The van der Waals surface area contributed by atoms with Gasteiger partial charge in [-0.1, -0.05) is 0 Å². The fraction of sp³-hybridized carbons (Fsp3) is 0.333. The van der Waals surface area contributed by atoms with Crippen LogP contribution in [-0.4, -0.2) is 21.5 Å². The van der Waals surface area contributed by atoms with Crippen LogP contribution in [0.1, 0.15) is 18.3 Å². The second-order valence-corrected chi connectivity index (χ2v) is 6.16. The maximum Gasteiger partial charge on any atom is 0.214 e. The van der Waals surface area contributed by atoms with E-state index >= 15 is 0 Å². The number of nitrogens with one attached hydrogen (secondary N) is 2. The fourth-order valence-electron chi connectivity index (χ4n) is 1.73. The van der Waals surface area contributed by atoms with Crippen molar-refractivity contribution < 1.29 is 4.74 Å². The minimum absolute atomic E-state index is 0.548. The first-order valence-corrected chi connectivity index (χ1v) is 8.01. The van der Waals surface area contributed by atoms with Crippen LogP contribution in [0.15, 0.2) is 21.1 Å². The molecule has 0 aliphatic rings. The van der Waals surface area contributed by atoms with Gasteiger partial charge in [-0.05, 0) is 75.6 Å². The lowest BCUT2D eigenvalue weighted by Gasteiger charge is -2.12. The zero-order valence-corrected chi connectivity index (χ0v) is 15.0. The summed E-state index contributed by atoms with van der Waals surface area (Å²) in [4.78, 5) is 0. The van der Waals surface area contributed by atoms with E-state index < -0.39 is 0 Å². The van der Waals surface area contributed by atoms with Crippen molar-refractivity contribution in [3.05, 3.63) is 37.2 Å². The quantitative estimate of drug-likeness (QED) is 0.718. The molecule has 2 N–H and O–H groups in total. The topological polar surface area (TPSA) is 54.9 Å². The molecule has 8 heteroatoms. The summed E-state index contributed by atoms with van der Waals surface area (Å²) in [7, 11) is 0. The first kappa shape index (κ1) is 15.5. The third-order valence-corrected chi connectivity index (χ3v) is 4.08. The summed E-state index contributed by atoms with van der Waals surface area (Å²) in [6.45, 7) is 5.08. The molecule has 0 atom stereocenters. The molecule has 20 heavy (non-hydrogen) atoms. The SMILES string of the molecule is CCOc1c(Br)cc(CNn2c(C)n[nH]c2=S)cc1Br. The largest absolute Gasteiger partial charge is 0.492 e. The molecule has 2 rings (SSSR count). The van der Waals surface area contributed by atoms with Crippen LogP contribution >= 0.6 is 44.1 Å². The lowest BCUT2D eigenvalue weighted by Crippen LogP contribution is -2.16. The highest BCUT2D eigenvalue weighted by Crippen LogP contribution is 2.34. The number of aromatic amines is 1. The molecule has 0 saturated heterocycles. The van der Waals surface area contributed by atoms with Crippen molar-refractivity contribution in [2.75, 3.05) is 12.0 Å². The highest BCUT2D eigenvalue weighted by atomic mass is 79.9. The zero-order chi connectivity index (χ0) is 14.7. The molecule has 0 aliphatic heterocycles. The van der Waals surface area contributed by atoms with Crippen LogP contribution in [0.5, 0.6) is 5.75 Å². The maximum absolute atomic E-state index is 5.56. The highest BCUT2D eigenvalue weighted by molar-refractivity contribution is 9.11. The number of halogens is 2. The molecule has 1 aromatic carbocycles. The Morgan fingerprint density at radius 2 is 2.05 bits per heavy atom. The van der Waals surface area contributed by atoms with Gasteiger partial charge >= 0.3 is 0 Å². The fourth-order valence-corrected chi connectivity index (χ4v) is 3.48. The average Bonchev–Trinajstić information content (AvgIpc) is 2.71. The van der Waals surface area contributed by atoms with Gasteiger partial charge in [0.1, 0.15) is 11.6 Å². The number of aromatic nitrogens is 3. The van der Waals surface area contributed by atoms with Gasteiger partial charge in [0.05, 0.1) is 22.1 Å². The van der Waals surface area contributed by atoms with Gasteiger partial charge < -0.3 is 10.2 Å². The van der Waals surface area contributed by atoms with Crippen LogP contribution in [-0.2, 0) is 6.54 Å². The normalized spacial score (nSPS) is 10.6. The Balaban J connectivity index is 2.17. The highest BCUT2D eigenvalue weighted by Gasteiger charge is 2.09. The Bertz CT molecular complexity index is 645. The lowest BCUT2D eigenvalue weighted by molar-refractivity contribution is 0.336. The van der Waals surface area contributed by atoms with E-state index in [0.717, 1.165) is 26.1 Å². The predicted molar refractivity (Wildman–Crippen MR) is 88.2 cm³/mol. The molecule has 0 fully saturated rings. The molecular formula is C12H14Br2N4OS. The summed E-state index contributed by atoms with van der Waals surface area (Å²) in [6, 6.07) is 4.03. The Kier molecular flexibility index (Phi) is 5.22. The third kappa shape index (κ3) is 3.42. The molecule has 0 spiro atoms. The molecule has 0 saturated carbocycles. The van der Waals surface area contributed by atoms with Gasteiger partial charge in [0, 0.05) is 0 Å². The Labute approximate surface area is 139 Å². The van der Waals surface area contributed by atoms with E-state index in [0.29, 0.717) is 17.9 Å². The molecule has 108 valence electrons. The van der Waals surface area contributed by atoms with E-state index in [4.69, 9.17) is 17.0 Å². The molecule has 5 nitrogen and oxygen atoms in total. The van der Waals surface area contributed by atoms with Gasteiger partial charge in [0.2, 0.25) is 4.77 Å². The van der Waals surface area contributed by atoms with E-state index in [1.807, 2.05) is 26.0 Å². The van der Waals surface area contributed by atoms with E-state index in [1.54, 1.807) is 4.68 Å². The van der Waals surface area contributed by atoms with Crippen molar-refractivity contribution >= 4 is 44.1 Å². The van der Waals surface area contributed by atoms with Gasteiger partial charge in [-0.25, -0.2) is 4.68 Å². The van der Waals surface area contributed by atoms with E-state index in [2.05, 4.69) is 47.5 Å². The molecule has 0 amide bonds. The van der Waals surface area contributed by atoms with Gasteiger partial charge in [-0.3, -0.25) is 5.10 Å². The van der Waals surface area contributed by atoms with Crippen molar-refractivity contribution in [1.82, 2.24) is 14.9 Å². The van der Waals surface area contributed by atoms with E-state index in [-0.39, 0.29) is 0 Å². The Morgan fingerprint density at radius 3 is 2.55 bits per heavy atom. The van der Waals surface area contributed by atoms with Crippen molar-refractivity contribution in [3.63, 3.8) is 0 Å². The minimum atomic E-state index is 0.548. The van der Waals surface area contributed by atoms with Crippen molar-refractivity contribution in [3.8, 4) is 5.75 Å². The number of ether oxygens (including phenoxy) is 1. The second kappa shape index (κ2) is 6.73. The number of nitrogens with zero attached hydrogens (tertiary/aromatic N) is 2. The number of aryl methyl sites for hydroxylation is 1. The summed E-state index contributed by atoms with van der Waals surface area (Å²) in [5, 5.41) is 6.78. The summed E-state index contributed by atoms with van der Waals surface area (Å²) >= 11 is 12.2. The van der Waals surface area contributed by atoms with Crippen LogP contribution in [0, 0.1) is 11.7 Å². The number of hydrogen-bond donors (Lipinski definition) is 2. The smallest absolute Gasteiger partial charge is 0.214 e. The number of rotatable bonds is 5. The number of hydrogen-bond acceptors (Lipinski definition) is 4. The first-order valence-electron chi connectivity index (χ1n) is 6.01. The monoisotopic (exact) mass is 420 g/mol. The lowest BCUT2D eigenvalue weighted by atomic mass is 10.2. The van der Waals surface area contributed by atoms with Crippen LogP contribution in [0.3, 0.4) is 0 Å². The Morgan fingerprint density at radius 1 is 1.40 bits per heavy atom. The summed E-state index contributed by atoms with van der Waals surface area (Å²) < 4.78 is 9.68. The molecule has 0 bridgehead atoms. The summed E-state index contributed by atoms with van der Waals surface area (Å²) in [5.41, 5.74) is 4.31. The summed E-state index contributed by atoms with van der Waals surface area (Å²) in [6.07, 6.45) is 0. The standard InChI is InChI=1S/C12H14Br2N4OS/c1-3-19-11-9(13)4-8(5-10(11)14)6-15-18-7(2)16-17-12(18)20/h4-5,15H,3,6H2,1-2H3,(H,17,20). The Hall–Kier alpha value is -0.860. The second-order valence-electron chi connectivity index (χ2n) is 4.07. The van der Waals surface area contributed by atoms with Crippen LogP contribution in [0.25, 0.3) is 0 Å². The number of H-pyrrole nitrogens is 1. The van der Waals surface area contributed by atoms with Crippen LogP contribution < -0.4 is 10.2 Å². The van der Waals surface area contributed by atoms with Gasteiger partial charge in [-0.15, -0.1) is 0 Å². The molecule has 0 unspecified atom stereocenters. The van der Waals surface area contributed by atoms with E-state index in [1.165, 1.54) is 0 Å². The van der Waals surface area contributed by atoms with Gasteiger partial charge in [0.15, 0.2) is 0 Å². The molecular weight excluding hydrogens is 408 g/mol. The van der Waals surface area contributed by atoms with Crippen molar-refractivity contribution in [2.24, 2.45) is 0 Å². The van der Waals surface area contributed by atoms with E-state index in [9.17, 15) is 0 Å². The third-order valence-electron chi connectivity index (χ3n) is 2.63. The predicted octanol–water partition coefficient (Wildman–Crippen LogP) is 3.92. The average molecular weight is 422 g/mol. The molecule has 0 radical (unpaired) electrons. The maximum atomic E-state index is 5.56. The van der Waals surface area contributed by atoms with Crippen LogP contribution in [0.2, 0.25) is 0 Å². The molecule has 1 heterocycles. The molecule has 1 aromatic heterocycles. The zero-order valence-electron chi connectivity index (χ0n) is 11.0. The van der Waals surface area contributed by atoms with Crippen LogP contribution in [0.4, 0.5) is 0 Å². The summed E-state index contributed by atoms with van der Waals surface area (Å²) in [5.74, 6) is 1.60. The van der Waals surface area contributed by atoms with Gasteiger partial charge in [-0.2, -0.15) is 5.10 Å².